The molecule has 0 radical (unpaired) electrons. The van der Waals surface area contributed by atoms with Gasteiger partial charge in [-0.1, -0.05) is 114 Å². The first-order valence-corrected chi connectivity index (χ1v) is 14.2. The number of esters is 1. The Kier molecular flexibility index (Phi) is 7.13. The van der Waals surface area contributed by atoms with Crippen molar-refractivity contribution in [2.75, 3.05) is 0 Å². The Morgan fingerprint density at radius 1 is 0.730 bits per heavy atom. The second-order valence-corrected chi connectivity index (χ2v) is 12.5. The van der Waals surface area contributed by atoms with Crippen molar-refractivity contribution in [3.63, 3.8) is 0 Å². The highest BCUT2D eigenvalue weighted by Crippen LogP contribution is 2.44. The van der Waals surface area contributed by atoms with E-state index < -0.39 is 17.8 Å². The molecule has 1 aromatic heterocycles. The molecule has 5 aromatic rings. The minimum atomic E-state index is -2.49. The molecule has 5 rings (SSSR count). The summed E-state index contributed by atoms with van der Waals surface area (Å²) in [7, 11) is 0. The van der Waals surface area contributed by atoms with Crippen LogP contribution in [0.2, 0.25) is 0 Å². The van der Waals surface area contributed by atoms with Crippen LogP contribution in [0, 0.1) is 10.1 Å². The van der Waals surface area contributed by atoms with Gasteiger partial charge in [0.1, 0.15) is 0 Å². The summed E-state index contributed by atoms with van der Waals surface area (Å²) >= 11 is 1.27. The Bertz CT molecular complexity index is 1500. The number of benzene rings is 4. The molecule has 0 fully saturated rings. The summed E-state index contributed by atoms with van der Waals surface area (Å²) in [6, 6.07) is 40.1. The van der Waals surface area contributed by atoms with Crippen LogP contribution in [0.15, 0.2) is 127 Å². The van der Waals surface area contributed by atoms with Crippen molar-refractivity contribution in [1.82, 2.24) is 0 Å². The van der Waals surface area contributed by atoms with Gasteiger partial charge in [-0.3, -0.25) is 10.1 Å². The zero-order valence-corrected chi connectivity index (χ0v) is 21.3. The summed E-state index contributed by atoms with van der Waals surface area (Å²) in [5, 5.41) is 14.7. The van der Waals surface area contributed by atoms with Gasteiger partial charge in [-0.05, 0) is 40.5 Å². The largest absolute Gasteiger partial charge is 0.412 e. The normalized spacial score (nSPS) is 11.0. The van der Waals surface area contributed by atoms with E-state index >= 15 is 0 Å². The average Bonchev–Trinajstić information content (AvgIpc) is 3.41. The Morgan fingerprint density at radius 2 is 1.27 bits per heavy atom. The molecule has 7 heteroatoms. The number of carbonyl (C=O) groups is 1. The Labute approximate surface area is 218 Å². The van der Waals surface area contributed by atoms with Gasteiger partial charge in [-0.25, -0.2) is 4.79 Å². The second-order valence-electron chi connectivity index (χ2n) is 8.21. The lowest BCUT2D eigenvalue weighted by molar-refractivity contribution is -0.384. The third-order valence-corrected chi connectivity index (χ3v) is 10.9. The molecule has 1 heterocycles. The van der Waals surface area contributed by atoms with Gasteiger partial charge in [0, 0.05) is 22.8 Å². The van der Waals surface area contributed by atoms with Crippen LogP contribution in [0.5, 0.6) is 5.06 Å². The van der Waals surface area contributed by atoms with Crippen molar-refractivity contribution < 1.29 is 14.5 Å². The van der Waals surface area contributed by atoms with E-state index in [1.807, 2.05) is 54.6 Å². The Hall–Kier alpha value is -4.25. The molecule has 0 amide bonds. The topological polar surface area (TPSA) is 69.4 Å². The molecule has 0 aliphatic heterocycles. The van der Waals surface area contributed by atoms with Crippen molar-refractivity contribution in [1.29, 1.82) is 0 Å². The SMILES string of the molecule is O=C(C=P(c1ccccc1)(c1ccccc1)c1ccccc1)Oc1ccc(-c2cccc([N+](=O)[O-])c2)s1. The monoisotopic (exact) mass is 523 g/mol. The molecule has 4 aromatic carbocycles. The minimum Gasteiger partial charge on any atom is -0.412 e. The van der Waals surface area contributed by atoms with Crippen LogP contribution < -0.4 is 20.7 Å². The smallest absolute Gasteiger partial charge is 0.338 e. The molecular formula is C30H22NO4PS. The maximum atomic E-state index is 13.5. The van der Waals surface area contributed by atoms with Gasteiger partial charge in [0.15, 0.2) is 5.06 Å². The first-order chi connectivity index (χ1) is 18.1. The van der Waals surface area contributed by atoms with Crippen molar-refractivity contribution in [3.8, 4) is 15.5 Å². The van der Waals surface area contributed by atoms with Gasteiger partial charge >= 0.3 is 5.97 Å². The molecule has 0 spiro atoms. The molecule has 37 heavy (non-hydrogen) atoms. The van der Waals surface area contributed by atoms with E-state index in [4.69, 9.17) is 4.74 Å². The molecule has 0 N–H and O–H groups in total. The predicted octanol–water partition coefficient (Wildman–Crippen LogP) is 6.03. The molecule has 0 unspecified atom stereocenters. The van der Waals surface area contributed by atoms with E-state index in [9.17, 15) is 14.9 Å². The first-order valence-electron chi connectivity index (χ1n) is 11.5. The number of hydrogen-bond acceptors (Lipinski definition) is 5. The van der Waals surface area contributed by atoms with Gasteiger partial charge in [-0.2, -0.15) is 0 Å². The van der Waals surface area contributed by atoms with Gasteiger partial charge < -0.3 is 4.74 Å². The quantitative estimate of drug-likeness (QED) is 0.113. The summed E-state index contributed by atoms with van der Waals surface area (Å²) in [4.78, 5) is 25.0. The number of non-ortho nitro benzene ring substituents is 1. The number of ether oxygens (including phenoxy) is 1. The summed E-state index contributed by atoms with van der Waals surface area (Å²) in [6.07, 6.45) is 0. The fourth-order valence-electron chi connectivity index (χ4n) is 4.25. The van der Waals surface area contributed by atoms with Crippen LogP contribution in [0.25, 0.3) is 10.4 Å². The third kappa shape index (κ3) is 5.17. The van der Waals surface area contributed by atoms with Crippen LogP contribution in [-0.2, 0) is 4.79 Å². The van der Waals surface area contributed by atoms with E-state index in [0.717, 1.165) is 20.8 Å². The summed E-state index contributed by atoms with van der Waals surface area (Å²) in [6.45, 7) is -2.49. The summed E-state index contributed by atoms with van der Waals surface area (Å²) < 4.78 is 5.83. The highest BCUT2D eigenvalue weighted by atomic mass is 32.1. The molecule has 0 bridgehead atoms. The van der Waals surface area contributed by atoms with Gasteiger partial charge in [-0.15, -0.1) is 0 Å². The summed E-state index contributed by atoms with van der Waals surface area (Å²) in [5.41, 5.74) is 0.714. The maximum absolute atomic E-state index is 13.5. The van der Waals surface area contributed by atoms with Crippen LogP contribution >= 0.6 is 18.2 Å². The summed E-state index contributed by atoms with van der Waals surface area (Å²) in [5.74, 6) is 1.29. The van der Waals surface area contributed by atoms with E-state index in [-0.39, 0.29) is 5.69 Å². The van der Waals surface area contributed by atoms with Gasteiger partial charge in [0.05, 0.1) is 4.92 Å². The minimum absolute atomic E-state index is 0.0148. The second kappa shape index (κ2) is 10.8. The first kappa shape index (κ1) is 24.4. The standard InChI is InChI=1S/C30H22NO4PS/c32-29(35-30-20-19-28(37-30)23-11-10-12-24(21-23)31(33)34)22-36(25-13-4-1-5-14-25,26-15-6-2-7-16-26)27-17-8-3-9-18-27/h1-22H. The molecule has 0 atom stereocenters. The van der Waals surface area contributed by atoms with Crippen molar-refractivity contribution in [2.45, 2.75) is 0 Å². The van der Waals surface area contributed by atoms with Crippen LogP contribution in [0.3, 0.4) is 0 Å². The number of nitro benzene ring substituents is 1. The number of thiophene rings is 1. The number of nitrogens with zero attached hydrogens (tertiary/aromatic N) is 1. The molecule has 182 valence electrons. The lowest BCUT2D eigenvalue weighted by atomic mass is 10.2. The fraction of sp³-hybridized carbons (Fsp3) is 0. The Balaban J connectivity index is 1.57. The van der Waals surface area contributed by atoms with Crippen LogP contribution in [0.1, 0.15) is 0 Å². The molecule has 0 aliphatic rings. The molecule has 0 aliphatic carbocycles. The average molecular weight is 524 g/mol. The predicted molar refractivity (Wildman–Crippen MR) is 153 cm³/mol. The lowest BCUT2D eigenvalue weighted by Gasteiger charge is -2.28. The number of hydrogen-bond donors (Lipinski definition) is 0. The third-order valence-electron chi connectivity index (χ3n) is 5.91. The fourth-order valence-corrected chi connectivity index (χ4v) is 8.74. The van der Waals surface area contributed by atoms with Crippen molar-refractivity contribution in [3.05, 3.63) is 138 Å². The van der Waals surface area contributed by atoms with E-state index in [0.29, 0.717) is 10.6 Å². The van der Waals surface area contributed by atoms with Crippen LogP contribution in [-0.4, -0.2) is 16.7 Å². The van der Waals surface area contributed by atoms with Crippen molar-refractivity contribution >= 4 is 51.6 Å². The Morgan fingerprint density at radius 3 is 1.78 bits per heavy atom. The number of carbonyl (C=O) groups excluding carboxylic acids is 1. The zero-order chi connectivity index (χ0) is 25.7. The van der Waals surface area contributed by atoms with Gasteiger partial charge in [0.2, 0.25) is 0 Å². The molecule has 5 nitrogen and oxygen atoms in total. The highest BCUT2D eigenvalue weighted by molar-refractivity contribution is 7.95. The highest BCUT2D eigenvalue weighted by Gasteiger charge is 2.27. The molecule has 0 saturated heterocycles. The van der Waals surface area contributed by atoms with Crippen molar-refractivity contribution in [2.24, 2.45) is 0 Å². The molecular weight excluding hydrogens is 501 g/mol. The van der Waals surface area contributed by atoms with Crippen LogP contribution in [0.4, 0.5) is 5.69 Å². The van der Waals surface area contributed by atoms with Gasteiger partial charge in [0.25, 0.3) is 5.69 Å². The molecule has 0 saturated carbocycles. The van der Waals surface area contributed by atoms with E-state index in [1.165, 1.54) is 23.5 Å². The lowest BCUT2D eigenvalue weighted by Crippen LogP contribution is -2.29. The number of rotatable bonds is 7. The van der Waals surface area contributed by atoms with E-state index in [1.54, 1.807) is 30.1 Å². The zero-order valence-electron chi connectivity index (χ0n) is 19.6. The van der Waals surface area contributed by atoms with E-state index in [2.05, 4.69) is 36.4 Å². The maximum Gasteiger partial charge on any atom is 0.338 e. The number of nitro groups is 1.